The van der Waals surface area contributed by atoms with Crippen molar-refractivity contribution >= 4 is 28.3 Å². The second-order valence-electron chi connectivity index (χ2n) is 7.83. The van der Waals surface area contributed by atoms with Gasteiger partial charge in [0.2, 0.25) is 5.91 Å². The fraction of sp³-hybridized carbons (Fsp3) is 0.476. The van der Waals surface area contributed by atoms with E-state index in [1.807, 2.05) is 41.5 Å². The minimum absolute atomic E-state index is 0.109. The number of carbonyl (C=O) groups excluding carboxylic acids is 1. The van der Waals surface area contributed by atoms with Crippen molar-refractivity contribution in [1.82, 2.24) is 9.88 Å². The SMILES string of the molecule is Cc1ccc(-c2csc(NC(=O)CN3C(C(=O)O)CC4CCCCC43)n2)cc1. The normalized spacial score (nSPS) is 24.7. The molecule has 2 aromatic rings. The number of fused-ring (bicyclic) bond motifs is 1. The molecule has 1 aliphatic carbocycles. The van der Waals surface area contributed by atoms with Gasteiger partial charge in [0.05, 0.1) is 12.2 Å². The number of carboxylic acids is 1. The molecule has 1 saturated heterocycles. The monoisotopic (exact) mass is 399 g/mol. The molecule has 0 spiro atoms. The van der Waals surface area contributed by atoms with Crippen LogP contribution in [0.2, 0.25) is 0 Å². The number of hydrogen-bond acceptors (Lipinski definition) is 5. The Kier molecular flexibility index (Phi) is 5.46. The number of nitrogens with zero attached hydrogens (tertiary/aromatic N) is 2. The van der Waals surface area contributed by atoms with Crippen molar-refractivity contribution in [3.8, 4) is 11.3 Å². The Morgan fingerprint density at radius 2 is 2.00 bits per heavy atom. The number of aromatic nitrogens is 1. The third kappa shape index (κ3) is 3.95. The van der Waals surface area contributed by atoms with E-state index < -0.39 is 12.0 Å². The molecule has 0 bridgehead atoms. The van der Waals surface area contributed by atoms with Gasteiger partial charge in [-0.1, -0.05) is 42.7 Å². The van der Waals surface area contributed by atoms with E-state index in [4.69, 9.17) is 0 Å². The second-order valence-corrected chi connectivity index (χ2v) is 8.68. The maximum Gasteiger partial charge on any atom is 0.320 e. The molecule has 2 heterocycles. The van der Waals surface area contributed by atoms with Crippen LogP contribution in [0.3, 0.4) is 0 Å². The van der Waals surface area contributed by atoms with Gasteiger partial charge >= 0.3 is 5.97 Å². The van der Waals surface area contributed by atoms with Crippen LogP contribution in [0.1, 0.15) is 37.7 Å². The third-order valence-corrected chi connectivity index (χ3v) is 6.69. The molecule has 1 amide bonds. The molecule has 1 saturated carbocycles. The molecule has 1 aromatic heterocycles. The summed E-state index contributed by atoms with van der Waals surface area (Å²) in [6.07, 6.45) is 4.98. The number of likely N-dealkylation sites (tertiary alicyclic amines) is 1. The minimum atomic E-state index is -0.821. The summed E-state index contributed by atoms with van der Waals surface area (Å²) in [5.74, 6) is -0.615. The van der Waals surface area contributed by atoms with Crippen LogP contribution in [-0.2, 0) is 9.59 Å². The largest absolute Gasteiger partial charge is 0.480 e. The van der Waals surface area contributed by atoms with Gasteiger partial charge in [0.1, 0.15) is 6.04 Å². The van der Waals surface area contributed by atoms with Crippen molar-refractivity contribution in [2.45, 2.75) is 51.1 Å². The highest BCUT2D eigenvalue weighted by Crippen LogP contribution is 2.39. The molecular weight excluding hydrogens is 374 g/mol. The summed E-state index contributed by atoms with van der Waals surface area (Å²) in [6.45, 7) is 2.15. The zero-order valence-corrected chi connectivity index (χ0v) is 16.7. The number of benzene rings is 1. The number of anilines is 1. The van der Waals surface area contributed by atoms with E-state index in [1.165, 1.54) is 16.9 Å². The van der Waals surface area contributed by atoms with Crippen LogP contribution in [-0.4, -0.2) is 45.5 Å². The second kappa shape index (κ2) is 8.01. The van der Waals surface area contributed by atoms with Gasteiger partial charge < -0.3 is 10.4 Å². The number of thiazole rings is 1. The standard InChI is InChI=1S/C21H25N3O3S/c1-13-6-8-14(9-7-13)16-12-28-21(22-16)23-19(25)11-24-17-5-3-2-4-15(17)10-18(24)20(26)27/h6-9,12,15,17-18H,2-5,10-11H2,1H3,(H,26,27)(H,22,23,25). The smallest absolute Gasteiger partial charge is 0.320 e. The van der Waals surface area contributed by atoms with Gasteiger partial charge in [-0.2, -0.15) is 0 Å². The van der Waals surface area contributed by atoms with Crippen molar-refractivity contribution in [3.63, 3.8) is 0 Å². The molecule has 1 aliphatic heterocycles. The summed E-state index contributed by atoms with van der Waals surface area (Å²) in [7, 11) is 0. The zero-order valence-electron chi connectivity index (χ0n) is 15.9. The number of carboxylic acid groups (broad SMARTS) is 1. The molecule has 3 atom stereocenters. The molecule has 2 aliphatic rings. The summed E-state index contributed by atoms with van der Waals surface area (Å²) >= 11 is 1.39. The molecule has 3 unspecified atom stereocenters. The Morgan fingerprint density at radius 1 is 1.25 bits per heavy atom. The maximum absolute atomic E-state index is 12.6. The van der Waals surface area contributed by atoms with Crippen molar-refractivity contribution in [1.29, 1.82) is 0 Å². The van der Waals surface area contributed by atoms with Crippen LogP contribution in [0, 0.1) is 12.8 Å². The number of rotatable bonds is 5. The molecule has 6 nitrogen and oxygen atoms in total. The number of aryl methyl sites for hydroxylation is 1. The fourth-order valence-corrected chi connectivity index (χ4v) is 5.27. The van der Waals surface area contributed by atoms with Gasteiger partial charge in [-0.05, 0) is 32.1 Å². The Morgan fingerprint density at radius 3 is 2.75 bits per heavy atom. The zero-order chi connectivity index (χ0) is 19.7. The van der Waals surface area contributed by atoms with E-state index in [2.05, 4.69) is 10.3 Å². The lowest BCUT2D eigenvalue weighted by molar-refractivity contribution is -0.143. The molecule has 1 aromatic carbocycles. The molecule has 0 radical (unpaired) electrons. The highest BCUT2D eigenvalue weighted by atomic mass is 32.1. The van der Waals surface area contributed by atoms with Crippen molar-refractivity contribution < 1.29 is 14.7 Å². The van der Waals surface area contributed by atoms with E-state index in [0.29, 0.717) is 17.5 Å². The first-order valence-corrected chi connectivity index (χ1v) is 10.7. The Balaban J connectivity index is 1.42. The third-order valence-electron chi connectivity index (χ3n) is 5.93. The topological polar surface area (TPSA) is 82.5 Å². The molecule has 4 rings (SSSR count). The van der Waals surface area contributed by atoms with Gasteiger partial charge in [0, 0.05) is 17.0 Å². The van der Waals surface area contributed by atoms with Crippen LogP contribution in [0.15, 0.2) is 29.6 Å². The minimum Gasteiger partial charge on any atom is -0.480 e. The number of hydrogen-bond donors (Lipinski definition) is 2. The first-order chi connectivity index (χ1) is 13.5. The van der Waals surface area contributed by atoms with Crippen LogP contribution in [0.4, 0.5) is 5.13 Å². The van der Waals surface area contributed by atoms with Crippen LogP contribution in [0.25, 0.3) is 11.3 Å². The molecular formula is C21H25N3O3S. The van der Waals surface area contributed by atoms with Gasteiger partial charge in [0.15, 0.2) is 5.13 Å². The van der Waals surface area contributed by atoms with Crippen molar-refractivity contribution in [3.05, 3.63) is 35.2 Å². The van der Waals surface area contributed by atoms with Crippen molar-refractivity contribution in [2.75, 3.05) is 11.9 Å². The van der Waals surface area contributed by atoms with Gasteiger partial charge in [-0.3, -0.25) is 14.5 Å². The van der Waals surface area contributed by atoms with Crippen LogP contribution in [0.5, 0.6) is 0 Å². The molecule has 28 heavy (non-hydrogen) atoms. The Labute approximate surface area is 168 Å². The quantitative estimate of drug-likeness (QED) is 0.800. The summed E-state index contributed by atoms with van der Waals surface area (Å²) in [6, 6.07) is 7.75. The van der Waals surface area contributed by atoms with Gasteiger partial charge in [-0.25, -0.2) is 4.98 Å². The predicted molar refractivity (Wildman–Crippen MR) is 109 cm³/mol. The summed E-state index contributed by atoms with van der Waals surface area (Å²) < 4.78 is 0. The van der Waals surface area contributed by atoms with Gasteiger partial charge in [0.25, 0.3) is 0 Å². The van der Waals surface area contributed by atoms with E-state index >= 15 is 0 Å². The van der Waals surface area contributed by atoms with Gasteiger partial charge in [-0.15, -0.1) is 11.3 Å². The number of amides is 1. The average molecular weight is 400 g/mol. The van der Waals surface area contributed by atoms with E-state index in [0.717, 1.165) is 36.9 Å². The van der Waals surface area contributed by atoms with E-state index in [-0.39, 0.29) is 18.5 Å². The molecule has 7 heteroatoms. The fourth-order valence-electron chi connectivity index (χ4n) is 4.54. The molecule has 148 valence electrons. The van der Waals surface area contributed by atoms with Crippen LogP contribution < -0.4 is 5.32 Å². The first-order valence-electron chi connectivity index (χ1n) is 9.82. The lowest BCUT2D eigenvalue weighted by Crippen LogP contribution is -2.46. The lowest BCUT2D eigenvalue weighted by Gasteiger charge is -2.32. The predicted octanol–water partition coefficient (Wildman–Crippen LogP) is 3.77. The summed E-state index contributed by atoms with van der Waals surface area (Å²) in [5.41, 5.74) is 3.03. The molecule has 2 fully saturated rings. The van der Waals surface area contributed by atoms with Crippen molar-refractivity contribution in [2.24, 2.45) is 5.92 Å². The maximum atomic E-state index is 12.6. The molecule has 2 N–H and O–H groups in total. The number of nitrogens with one attached hydrogen (secondary N) is 1. The summed E-state index contributed by atoms with van der Waals surface area (Å²) in [4.78, 5) is 30.7. The highest BCUT2D eigenvalue weighted by molar-refractivity contribution is 7.14. The number of aliphatic carboxylic acids is 1. The van der Waals surface area contributed by atoms with Crippen LogP contribution >= 0.6 is 11.3 Å². The lowest BCUT2D eigenvalue weighted by atomic mass is 9.85. The Bertz CT molecular complexity index is 864. The highest BCUT2D eigenvalue weighted by Gasteiger charge is 2.45. The first kappa shape index (κ1) is 19.1. The Hall–Kier alpha value is -2.25. The van der Waals surface area contributed by atoms with E-state index in [1.54, 1.807) is 0 Å². The van der Waals surface area contributed by atoms with E-state index in [9.17, 15) is 14.7 Å². The summed E-state index contributed by atoms with van der Waals surface area (Å²) in [5, 5.41) is 14.9. The number of carbonyl (C=O) groups is 2. The average Bonchev–Trinajstić information content (AvgIpc) is 3.28.